The van der Waals surface area contributed by atoms with Crippen LogP contribution in [0.15, 0.2) is 18.2 Å². The number of hydrogen-bond acceptors (Lipinski definition) is 1. The van der Waals surface area contributed by atoms with Crippen LogP contribution in [-0.2, 0) is 12.0 Å². The van der Waals surface area contributed by atoms with Gasteiger partial charge >= 0.3 is 0 Å². The normalized spacial score (nSPS) is 25.3. The number of benzene rings is 1. The Balaban J connectivity index is 2.50. The summed E-state index contributed by atoms with van der Waals surface area (Å²) < 4.78 is 0. The lowest BCUT2D eigenvalue weighted by Gasteiger charge is -2.38. The summed E-state index contributed by atoms with van der Waals surface area (Å²) in [5.74, 6) is 0. The van der Waals surface area contributed by atoms with Crippen molar-refractivity contribution in [2.24, 2.45) is 0 Å². The predicted molar refractivity (Wildman–Crippen MR) is 51.2 cm³/mol. The molecule has 1 unspecified atom stereocenters. The molecule has 1 aliphatic rings. The monoisotopic (exact) mass is 176 g/mol. The van der Waals surface area contributed by atoms with Crippen molar-refractivity contribution in [1.82, 2.24) is 0 Å². The van der Waals surface area contributed by atoms with E-state index in [1.54, 1.807) is 0 Å². The van der Waals surface area contributed by atoms with Gasteiger partial charge in [0.25, 0.3) is 0 Å². The van der Waals surface area contributed by atoms with Crippen LogP contribution in [0.25, 0.3) is 0 Å². The van der Waals surface area contributed by atoms with Gasteiger partial charge in [0.15, 0.2) is 0 Å². The molecule has 2 nitrogen and oxygen atoms in total. The maximum Gasteiger partial charge on any atom is 0.103 e. The van der Waals surface area contributed by atoms with E-state index in [1.807, 2.05) is 12.1 Å². The van der Waals surface area contributed by atoms with E-state index in [2.05, 4.69) is 26.0 Å². The van der Waals surface area contributed by atoms with E-state index in [0.29, 0.717) is 18.2 Å². The molecule has 0 saturated carbocycles. The largest absolute Gasteiger partial charge is 0.634 e. The van der Waals surface area contributed by atoms with Crippen LogP contribution in [0.5, 0.6) is 0 Å². The summed E-state index contributed by atoms with van der Waals surface area (Å²) in [5, 5.41) is 11.8. The zero-order valence-corrected chi connectivity index (χ0v) is 8.05. The smallest absolute Gasteiger partial charge is 0.103 e. The average molecular weight is 176 g/mol. The minimum absolute atomic E-state index is 0.0137. The Morgan fingerprint density at radius 1 is 1.54 bits per heavy atom. The van der Waals surface area contributed by atoms with Crippen molar-refractivity contribution in [2.75, 3.05) is 6.54 Å². The summed E-state index contributed by atoms with van der Waals surface area (Å²) in [4.78, 5) is 0. The Morgan fingerprint density at radius 2 is 2.31 bits per heavy atom. The summed E-state index contributed by atoms with van der Waals surface area (Å²) >= 11 is 0. The van der Waals surface area contributed by atoms with Crippen LogP contribution in [0.2, 0.25) is 0 Å². The lowest BCUT2D eigenvalue weighted by atomic mass is 9.79. The minimum atomic E-state index is 0.0137. The third-order valence-electron chi connectivity index (χ3n) is 2.71. The highest BCUT2D eigenvalue weighted by Gasteiger charge is 2.31. The van der Waals surface area contributed by atoms with Crippen LogP contribution in [0.3, 0.4) is 0 Å². The first-order valence-corrected chi connectivity index (χ1v) is 4.61. The molecule has 0 spiro atoms. The quantitative estimate of drug-likeness (QED) is 0.578. The molecule has 1 N–H and O–H groups in total. The van der Waals surface area contributed by atoms with Crippen LogP contribution in [0.4, 0.5) is 0 Å². The van der Waals surface area contributed by atoms with Crippen LogP contribution in [-0.4, -0.2) is 6.54 Å². The van der Waals surface area contributed by atoms with Gasteiger partial charge in [-0.05, 0) is 17.7 Å². The molecule has 0 saturated heterocycles. The van der Waals surface area contributed by atoms with Gasteiger partial charge in [-0.15, -0.1) is 0 Å². The van der Waals surface area contributed by atoms with E-state index in [4.69, 9.17) is 0 Å². The second-order valence-electron chi connectivity index (χ2n) is 4.36. The van der Waals surface area contributed by atoms with Gasteiger partial charge in [0.05, 0.1) is 6.54 Å². The second-order valence-corrected chi connectivity index (χ2v) is 4.36. The fourth-order valence-electron chi connectivity index (χ4n) is 2.13. The van der Waals surface area contributed by atoms with Crippen molar-refractivity contribution < 1.29 is 5.06 Å². The first kappa shape index (κ1) is 8.73. The predicted octanol–water partition coefficient (Wildman–Crippen LogP) is 0.661. The SMILES string of the molecule is CC1(C)C[NH+]([O-])Cc2c[c]ccc21. The lowest BCUT2D eigenvalue weighted by molar-refractivity contribution is -0.869. The van der Waals surface area contributed by atoms with Gasteiger partial charge in [0.1, 0.15) is 6.54 Å². The van der Waals surface area contributed by atoms with E-state index >= 15 is 0 Å². The molecule has 0 bridgehead atoms. The number of rotatable bonds is 0. The maximum absolute atomic E-state index is 11.4. The molecule has 0 amide bonds. The Bertz CT molecular complexity index is 320. The highest BCUT2D eigenvalue weighted by molar-refractivity contribution is 5.33. The van der Waals surface area contributed by atoms with Gasteiger partial charge in [-0.3, -0.25) is 0 Å². The topological polar surface area (TPSA) is 27.5 Å². The van der Waals surface area contributed by atoms with Gasteiger partial charge < -0.3 is 10.3 Å². The Morgan fingerprint density at radius 3 is 3.08 bits per heavy atom. The number of hydroxylamine groups is 2. The molecule has 1 aromatic carbocycles. The molecule has 0 aromatic heterocycles. The Labute approximate surface area is 78.8 Å². The van der Waals surface area contributed by atoms with E-state index < -0.39 is 0 Å². The summed E-state index contributed by atoms with van der Waals surface area (Å²) in [5.41, 5.74) is 2.48. The number of quaternary nitrogens is 1. The Kier molecular flexibility index (Phi) is 1.90. The zero-order chi connectivity index (χ0) is 9.47. The van der Waals surface area contributed by atoms with E-state index in [-0.39, 0.29) is 5.41 Å². The highest BCUT2D eigenvalue weighted by Crippen LogP contribution is 2.26. The molecule has 0 fully saturated rings. The second kappa shape index (κ2) is 2.82. The van der Waals surface area contributed by atoms with Crippen LogP contribution < -0.4 is 5.06 Å². The molecule has 1 radical (unpaired) electrons. The molecular formula is C11H14NO. The first-order valence-electron chi connectivity index (χ1n) is 4.61. The molecule has 1 aromatic rings. The molecule has 1 aliphatic heterocycles. The van der Waals surface area contributed by atoms with Gasteiger partial charge in [0.2, 0.25) is 0 Å². The van der Waals surface area contributed by atoms with Crippen LogP contribution >= 0.6 is 0 Å². The van der Waals surface area contributed by atoms with Crippen molar-refractivity contribution in [3.05, 3.63) is 40.6 Å². The summed E-state index contributed by atoms with van der Waals surface area (Å²) in [6, 6.07) is 8.98. The first-order chi connectivity index (χ1) is 6.09. The van der Waals surface area contributed by atoms with E-state index in [1.165, 1.54) is 5.56 Å². The number of nitrogens with one attached hydrogen (secondary N) is 1. The molecule has 0 aliphatic carbocycles. The minimum Gasteiger partial charge on any atom is -0.634 e. The summed E-state index contributed by atoms with van der Waals surface area (Å²) in [6.45, 7) is 5.52. The van der Waals surface area contributed by atoms with Crippen molar-refractivity contribution in [2.45, 2.75) is 25.8 Å². The third-order valence-corrected chi connectivity index (χ3v) is 2.71. The third kappa shape index (κ3) is 1.47. The van der Waals surface area contributed by atoms with Crippen molar-refractivity contribution >= 4 is 0 Å². The van der Waals surface area contributed by atoms with Crippen molar-refractivity contribution in [3.63, 3.8) is 0 Å². The zero-order valence-electron chi connectivity index (χ0n) is 8.05. The number of fused-ring (bicyclic) bond motifs is 1. The fourth-order valence-corrected chi connectivity index (χ4v) is 2.13. The molecule has 2 heteroatoms. The van der Waals surface area contributed by atoms with Gasteiger partial charge in [-0.1, -0.05) is 26.0 Å². The standard InChI is InChI=1S/C11H14NO/c1-11(2)8-12(13)7-9-5-3-4-6-10(9)11/h4-6,12H,7-8H2,1-2H3. The summed E-state index contributed by atoms with van der Waals surface area (Å²) in [6.07, 6.45) is 0. The molecule has 2 rings (SSSR count). The maximum atomic E-state index is 11.4. The molecule has 1 atom stereocenters. The van der Waals surface area contributed by atoms with Crippen LogP contribution in [0.1, 0.15) is 25.0 Å². The van der Waals surface area contributed by atoms with Gasteiger partial charge in [0, 0.05) is 11.0 Å². The lowest BCUT2D eigenvalue weighted by Crippen LogP contribution is -3.08. The molecule has 13 heavy (non-hydrogen) atoms. The molecule has 69 valence electrons. The Hall–Kier alpha value is -0.860. The van der Waals surface area contributed by atoms with Crippen molar-refractivity contribution in [3.8, 4) is 0 Å². The van der Waals surface area contributed by atoms with Gasteiger partial charge in [-0.25, -0.2) is 0 Å². The van der Waals surface area contributed by atoms with Crippen LogP contribution in [0, 0.1) is 11.3 Å². The summed E-state index contributed by atoms with van der Waals surface area (Å²) in [7, 11) is 0. The average Bonchev–Trinajstić information content (AvgIpc) is 2.02. The number of hydrogen-bond donors (Lipinski definition) is 1. The van der Waals surface area contributed by atoms with E-state index in [0.717, 1.165) is 5.56 Å². The van der Waals surface area contributed by atoms with Crippen molar-refractivity contribution in [1.29, 1.82) is 0 Å². The van der Waals surface area contributed by atoms with E-state index in [9.17, 15) is 5.21 Å². The fraction of sp³-hybridized carbons (Fsp3) is 0.455. The van der Waals surface area contributed by atoms with Gasteiger partial charge in [-0.2, -0.15) is 0 Å². The molecular weight excluding hydrogens is 162 g/mol. The molecule has 1 heterocycles. The highest BCUT2D eigenvalue weighted by atomic mass is 16.5.